The quantitative estimate of drug-likeness (QED) is 0.580. The summed E-state index contributed by atoms with van der Waals surface area (Å²) < 4.78 is 81.1. The molecule has 11 heteroatoms. The Bertz CT molecular complexity index is 1190. The number of hydrogen-bond acceptors (Lipinski definition) is 4. The van der Waals surface area contributed by atoms with Gasteiger partial charge in [0, 0.05) is 30.8 Å². The predicted molar refractivity (Wildman–Crippen MR) is 99.9 cm³/mol. The molecule has 4 rings (SSSR count). The van der Waals surface area contributed by atoms with E-state index in [1.165, 1.54) is 29.4 Å². The van der Waals surface area contributed by atoms with E-state index in [1.54, 1.807) is 0 Å². The van der Waals surface area contributed by atoms with Gasteiger partial charge in [0.25, 0.3) is 0 Å². The molecule has 6 nitrogen and oxygen atoms in total. The van der Waals surface area contributed by atoms with Crippen molar-refractivity contribution in [1.82, 2.24) is 18.9 Å². The summed E-state index contributed by atoms with van der Waals surface area (Å²) in [5.74, 6) is -0.921. The molecule has 0 aliphatic carbocycles. The minimum absolute atomic E-state index is 0.0313. The first-order valence-corrected chi connectivity index (χ1v) is 10.7. The zero-order valence-electron chi connectivity index (χ0n) is 15.9. The smallest absolute Gasteiger partial charge is 0.234 e. The third-order valence-corrected chi connectivity index (χ3v) is 7.00. The molecular weight excluding hydrogens is 424 g/mol. The van der Waals surface area contributed by atoms with E-state index in [0.29, 0.717) is 18.5 Å². The van der Waals surface area contributed by atoms with E-state index in [0.717, 1.165) is 22.7 Å². The number of nitrogens with zero attached hydrogens (tertiary/aromatic N) is 4. The Hall–Kier alpha value is -2.53. The molecule has 1 atom stereocenters. The molecule has 0 radical (unpaired) electrons. The summed E-state index contributed by atoms with van der Waals surface area (Å²) in [4.78, 5) is 4.09. The summed E-state index contributed by atoms with van der Waals surface area (Å²) in [6.45, 7) is 1.82. The number of piperidine rings is 1. The van der Waals surface area contributed by atoms with Gasteiger partial charge in [0.05, 0.1) is 10.6 Å². The van der Waals surface area contributed by atoms with E-state index in [1.807, 2.05) is 0 Å². The van der Waals surface area contributed by atoms with Crippen LogP contribution in [0.3, 0.4) is 0 Å². The van der Waals surface area contributed by atoms with E-state index in [4.69, 9.17) is 0 Å². The monoisotopic (exact) mass is 442 g/mol. The van der Waals surface area contributed by atoms with Gasteiger partial charge in [-0.2, -0.15) is 22.6 Å². The first kappa shape index (κ1) is 20.7. The van der Waals surface area contributed by atoms with Crippen LogP contribution in [0.2, 0.25) is 0 Å². The molecule has 0 spiro atoms. The van der Waals surface area contributed by atoms with Crippen LogP contribution in [0.4, 0.5) is 17.6 Å². The van der Waals surface area contributed by atoms with Gasteiger partial charge in [-0.1, -0.05) is 0 Å². The third-order valence-electron chi connectivity index (χ3n) is 5.12. The molecule has 3 heterocycles. The number of aromatic nitrogens is 3. The van der Waals surface area contributed by atoms with Crippen molar-refractivity contribution in [2.75, 3.05) is 13.1 Å². The van der Waals surface area contributed by atoms with Crippen molar-refractivity contribution in [1.29, 1.82) is 0 Å². The Labute approximate surface area is 170 Å². The van der Waals surface area contributed by atoms with Gasteiger partial charge >= 0.3 is 6.18 Å². The zero-order chi connectivity index (χ0) is 21.7. The lowest BCUT2D eigenvalue weighted by Gasteiger charge is -2.31. The van der Waals surface area contributed by atoms with E-state index in [-0.39, 0.29) is 35.2 Å². The second-order valence-electron chi connectivity index (χ2n) is 7.28. The van der Waals surface area contributed by atoms with E-state index in [9.17, 15) is 26.0 Å². The van der Waals surface area contributed by atoms with Crippen molar-refractivity contribution < 1.29 is 26.0 Å². The average molecular weight is 442 g/mol. The largest absolute Gasteiger partial charge is 0.433 e. The SMILES string of the molecule is Cc1cc(C(F)(F)F)n2nc(C3CCCN(S(=O)(=O)c4ccc(F)cc4)C3)cc2n1. The fourth-order valence-electron chi connectivity index (χ4n) is 3.68. The van der Waals surface area contributed by atoms with Crippen LogP contribution in [-0.4, -0.2) is 40.4 Å². The van der Waals surface area contributed by atoms with Crippen LogP contribution in [0, 0.1) is 12.7 Å². The highest BCUT2D eigenvalue weighted by Gasteiger charge is 2.36. The van der Waals surface area contributed by atoms with Gasteiger partial charge in [-0.3, -0.25) is 0 Å². The molecule has 0 bridgehead atoms. The number of benzene rings is 1. The molecule has 1 fully saturated rings. The second kappa shape index (κ2) is 7.31. The summed E-state index contributed by atoms with van der Waals surface area (Å²) in [6, 6.07) is 6.94. The molecule has 1 aliphatic rings. The van der Waals surface area contributed by atoms with Gasteiger partial charge in [0.15, 0.2) is 5.65 Å². The number of rotatable bonds is 3. The highest BCUT2D eigenvalue weighted by molar-refractivity contribution is 7.89. The van der Waals surface area contributed by atoms with E-state index in [2.05, 4.69) is 10.1 Å². The number of aryl methyl sites for hydroxylation is 1. The normalized spacial score (nSPS) is 18.8. The number of alkyl halides is 3. The Balaban J connectivity index is 1.67. The fourth-order valence-corrected chi connectivity index (χ4v) is 5.20. The van der Waals surface area contributed by atoms with Crippen LogP contribution in [0.15, 0.2) is 41.3 Å². The number of fused-ring (bicyclic) bond motifs is 1. The molecule has 3 aromatic rings. The maximum atomic E-state index is 13.4. The van der Waals surface area contributed by atoms with Gasteiger partial charge in [-0.25, -0.2) is 22.3 Å². The number of halogens is 4. The van der Waals surface area contributed by atoms with Gasteiger partial charge in [-0.15, -0.1) is 0 Å². The molecule has 0 N–H and O–H groups in total. The fraction of sp³-hybridized carbons (Fsp3) is 0.368. The highest BCUT2D eigenvalue weighted by Crippen LogP contribution is 2.33. The van der Waals surface area contributed by atoms with Crippen molar-refractivity contribution in [3.8, 4) is 0 Å². The highest BCUT2D eigenvalue weighted by atomic mass is 32.2. The lowest BCUT2D eigenvalue weighted by atomic mass is 9.96. The maximum absolute atomic E-state index is 13.4. The van der Waals surface area contributed by atoms with Crippen LogP contribution in [-0.2, 0) is 16.2 Å². The molecule has 2 aromatic heterocycles. The predicted octanol–water partition coefficient (Wildman–Crippen LogP) is 3.76. The van der Waals surface area contributed by atoms with Gasteiger partial charge in [-0.05, 0) is 50.1 Å². The van der Waals surface area contributed by atoms with Crippen molar-refractivity contribution in [2.24, 2.45) is 0 Å². The minimum atomic E-state index is -4.60. The molecule has 1 aromatic carbocycles. The van der Waals surface area contributed by atoms with Gasteiger partial charge < -0.3 is 0 Å². The van der Waals surface area contributed by atoms with Gasteiger partial charge in [0.1, 0.15) is 11.5 Å². The standard InChI is InChI=1S/C19H18F4N4O2S/c1-12-9-17(19(21,22)23)27-18(24-12)10-16(25-27)13-3-2-8-26(11-13)30(28,29)15-6-4-14(20)5-7-15/h4-7,9-10,13H,2-3,8,11H2,1H3. The maximum Gasteiger partial charge on any atom is 0.433 e. The molecule has 0 saturated carbocycles. The van der Waals surface area contributed by atoms with Crippen LogP contribution < -0.4 is 0 Å². The molecule has 30 heavy (non-hydrogen) atoms. The minimum Gasteiger partial charge on any atom is -0.234 e. The van der Waals surface area contributed by atoms with Crippen molar-refractivity contribution in [2.45, 2.75) is 36.8 Å². The first-order valence-electron chi connectivity index (χ1n) is 9.26. The molecule has 0 amide bonds. The van der Waals surface area contributed by atoms with E-state index >= 15 is 0 Å². The summed E-state index contributed by atoms with van der Waals surface area (Å²) in [6.07, 6.45) is -3.49. The van der Waals surface area contributed by atoms with Crippen LogP contribution >= 0.6 is 0 Å². The number of hydrogen-bond donors (Lipinski definition) is 0. The molecule has 1 aliphatic heterocycles. The van der Waals surface area contributed by atoms with Crippen LogP contribution in [0.25, 0.3) is 5.65 Å². The summed E-state index contributed by atoms with van der Waals surface area (Å²) in [5.41, 5.74) is -0.290. The molecule has 1 saturated heterocycles. The van der Waals surface area contributed by atoms with Crippen molar-refractivity contribution in [3.63, 3.8) is 0 Å². The molecule has 160 valence electrons. The van der Waals surface area contributed by atoms with Crippen LogP contribution in [0.1, 0.15) is 35.8 Å². The Morgan fingerprint density at radius 3 is 2.50 bits per heavy atom. The Morgan fingerprint density at radius 2 is 1.83 bits per heavy atom. The summed E-state index contributed by atoms with van der Waals surface area (Å²) in [5, 5.41) is 4.11. The van der Waals surface area contributed by atoms with Crippen LogP contribution in [0.5, 0.6) is 0 Å². The summed E-state index contributed by atoms with van der Waals surface area (Å²) in [7, 11) is -3.85. The zero-order valence-corrected chi connectivity index (χ0v) is 16.7. The summed E-state index contributed by atoms with van der Waals surface area (Å²) >= 11 is 0. The number of sulfonamides is 1. The molecular formula is C19H18F4N4O2S. The lowest BCUT2D eigenvalue weighted by Crippen LogP contribution is -2.39. The average Bonchev–Trinajstić information content (AvgIpc) is 3.11. The van der Waals surface area contributed by atoms with Crippen molar-refractivity contribution >= 4 is 15.7 Å². The van der Waals surface area contributed by atoms with Gasteiger partial charge in [0.2, 0.25) is 10.0 Å². The lowest BCUT2D eigenvalue weighted by molar-refractivity contribution is -0.142. The second-order valence-corrected chi connectivity index (χ2v) is 9.21. The Morgan fingerprint density at radius 1 is 1.13 bits per heavy atom. The molecule has 1 unspecified atom stereocenters. The van der Waals surface area contributed by atoms with E-state index < -0.39 is 27.7 Å². The third kappa shape index (κ3) is 3.79. The first-order chi connectivity index (χ1) is 14.1. The van der Waals surface area contributed by atoms with Crippen molar-refractivity contribution in [3.05, 3.63) is 59.3 Å². The topological polar surface area (TPSA) is 67.6 Å². The Kier molecular flexibility index (Phi) is 5.05.